The summed E-state index contributed by atoms with van der Waals surface area (Å²) < 4.78 is 12.7. The van der Waals surface area contributed by atoms with Crippen molar-refractivity contribution in [3.05, 3.63) is 52.4 Å². The van der Waals surface area contributed by atoms with E-state index in [2.05, 4.69) is 15.4 Å². The van der Waals surface area contributed by atoms with Crippen LogP contribution in [0.15, 0.2) is 41.9 Å². The van der Waals surface area contributed by atoms with Gasteiger partial charge in [-0.15, -0.1) is 0 Å². The predicted octanol–water partition coefficient (Wildman–Crippen LogP) is 2.94. The second kappa shape index (κ2) is 7.09. The van der Waals surface area contributed by atoms with Crippen molar-refractivity contribution in [2.24, 2.45) is 0 Å². The van der Waals surface area contributed by atoms with E-state index in [-0.39, 0.29) is 12.7 Å². The van der Waals surface area contributed by atoms with Gasteiger partial charge < -0.3 is 14.8 Å². The number of allylic oxidation sites excluding steroid dienone is 1. The summed E-state index contributed by atoms with van der Waals surface area (Å²) in [7, 11) is 0. The number of carbonyl (C=O) groups excluding carboxylic acids is 1. The highest BCUT2D eigenvalue weighted by Crippen LogP contribution is 2.38. The number of fused-ring (bicyclic) bond motifs is 1. The van der Waals surface area contributed by atoms with Gasteiger partial charge in [0.05, 0.1) is 11.7 Å². The Labute approximate surface area is 156 Å². The summed E-state index contributed by atoms with van der Waals surface area (Å²) in [5, 5.41) is 7.94. The van der Waals surface area contributed by atoms with Crippen molar-refractivity contribution < 1.29 is 14.3 Å². The molecule has 1 aromatic heterocycles. The molecule has 1 saturated heterocycles. The second-order valence-corrected chi connectivity index (χ2v) is 6.76. The van der Waals surface area contributed by atoms with Crippen LogP contribution in [0.3, 0.4) is 0 Å². The average molecular weight is 375 g/mol. The number of anilines is 1. The summed E-state index contributed by atoms with van der Waals surface area (Å²) in [6, 6.07) is 6.90. The number of hydrogen-bond acceptors (Lipinski definition) is 6. The normalized spacial score (nSPS) is 22.1. The minimum atomic E-state index is -0.501. The van der Waals surface area contributed by atoms with Gasteiger partial charge in [0.2, 0.25) is 5.95 Å². The SMILES string of the molecule is CC1=C(C(=O)OC[C@@H]2CCCO2)[C@@H](c2ccccc2Cl)n2ncnc2N1. The topological polar surface area (TPSA) is 78.3 Å². The van der Waals surface area contributed by atoms with E-state index in [4.69, 9.17) is 21.1 Å². The summed E-state index contributed by atoms with van der Waals surface area (Å²) in [6.07, 6.45) is 3.32. The van der Waals surface area contributed by atoms with Crippen LogP contribution in [0.1, 0.15) is 31.4 Å². The Bertz CT molecular complexity index is 858. The Balaban J connectivity index is 1.68. The third-order valence-corrected chi connectivity index (χ3v) is 4.98. The number of carbonyl (C=O) groups is 1. The maximum absolute atomic E-state index is 12.9. The first-order valence-corrected chi connectivity index (χ1v) is 8.93. The molecule has 7 nitrogen and oxygen atoms in total. The smallest absolute Gasteiger partial charge is 0.338 e. The lowest BCUT2D eigenvalue weighted by Crippen LogP contribution is -2.31. The largest absolute Gasteiger partial charge is 0.459 e. The van der Waals surface area contributed by atoms with E-state index in [1.165, 1.54) is 6.33 Å². The number of halogens is 1. The lowest BCUT2D eigenvalue weighted by Gasteiger charge is -2.28. The van der Waals surface area contributed by atoms with E-state index in [9.17, 15) is 4.79 Å². The summed E-state index contributed by atoms with van der Waals surface area (Å²) >= 11 is 6.41. The quantitative estimate of drug-likeness (QED) is 0.829. The molecule has 0 bridgehead atoms. The van der Waals surface area contributed by atoms with Crippen molar-refractivity contribution in [1.29, 1.82) is 0 Å². The van der Waals surface area contributed by atoms with Gasteiger partial charge in [-0.05, 0) is 25.8 Å². The molecule has 0 radical (unpaired) electrons. The van der Waals surface area contributed by atoms with E-state index >= 15 is 0 Å². The van der Waals surface area contributed by atoms with E-state index < -0.39 is 12.0 Å². The minimum Gasteiger partial charge on any atom is -0.459 e. The summed E-state index contributed by atoms with van der Waals surface area (Å²) in [4.78, 5) is 17.1. The number of nitrogens with zero attached hydrogens (tertiary/aromatic N) is 3. The second-order valence-electron chi connectivity index (χ2n) is 6.35. The van der Waals surface area contributed by atoms with Gasteiger partial charge in [-0.2, -0.15) is 10.1 Å². The van der Waals surface area contributed by atoms with Crippen molar-refractivity contribution in [1.82, 2.24) is 14.8 Å². The molecule has 8 heteroatoms. The van der Waals surface area contributed by atoms with Crippen molar-refractivity contribution in [3.63, 3.8) is 0 Å². The number of aromatic nitrogens is 3. The van der Waals surface area contributed by atoms with Crippen LogP contribution in [0.25, 0.3) is 0 Å². The minimum absolute atomic E-state index is 0.0305. The van der Waals surface area contributed by atoms with Crippen LogP contribution in [-0.2, 0) is 14.3 Å². The Kier molecular flexibility index (Phi) is 4.65. The van der Waals surface area contributed by atoms with Gasteiger partial charge in [0.15, 0.2) is 0 Å². The van der Waals surface area contributed by atoms with Crippen LogP contribution < -0.4 is 5.32 Å². The first-order chi connectivity index (χ1) is 12.6. The highest BCUT2D eigenvalue weighted by molar-refractivity contribution is 6.31. The van der Waals surface area contributed by atoms with Gasteiger partial charge in [0, 0.05) is 22.9 Å². The van der Waals surface area contributed by atoms with Gasteiger partial charge in [-0.25, -0.2) is 9.48 Å². The van der Waals surface area contributed by atoms with Gasteiger partial charge in [-0.3, -0.25) is 0 Å². The van der Waals surface area contributed by atoms with E-state index in [1.54, 1.807) is 10.7 Å². The monoisotopic (exact) mass is 374 g/mol. The van der Waals surface area contributed by atoms with Crippen LogP contribution in [0.2, 0.25) is 5.02 Å². The van der Waals surface area contributed by atoms with Gasteiger partial charge in [-0.1, -0.05) is 29.8 Å². The van der Waals surface area contributed by atoms with Crippen molar-refractivity contribution in [2.45, 2.75) is 31.9 Å². The molecule has 0 amide bonds. The van der Waals surface area contributed by atoms with Crippen LogP contribution in [0.5, 0.6) is 0 Å². The molecule has 2 atom stereocenters. The lowest BCUT2D eigenvalue weighted by molar-refractivity contribution is -0.142. The maximum atomic E-state index is 12.9. The average Bonchev–Trinajstić information content (AvgIpc) is 3.30. The maximum Gasteiger partial charge on any atom is 0.338 e. The van der Waals surface area contributed by atoms with Crippen molar-refractivity contribution in [2.75, 3.05) is 18.5 Å². The number of nitrogens with one attached hydrogen (secondary N) is 1. The predicted molar refractivity (Wildman–Crippen MR) is 95.9 cm³/mol. The molecule has 0 unspecified atom stereocenters. The molecule has 0 saturated carbocycles. The lowest BCUT2D eigenvalue weighted by atomic mass is 9.96. The Morgan fingerprint density at radius 1 is 1.46 bits per heavy atom. The van der Waals surface area contributed by atoms with Gasteiger partial charge >= 0.3 is 5.97 Å². The first kappa shape index (κ1) is 17.1. The molecular formula is C18H19ClN4O3. The molecular weight excluding hydrogens is 356 g/mol. The number of benzene rings is 1. The zero-order valence-corrected chi connectivity index (χ0v) is 15.1. The third-order valence-electron chi connectivity index (χ3n) is 4.64. The highest BCUT2D eigenvalue weighted by atomic mass is 35.5. The number of ether oxygens (including phenoxy) is 2. The molecule has 0 aliphatic carbocycles. The Hall–Kier alpha value is -2.38. The fourth-order valence-electron chi connectivity index (χ4n) is 3.36. The van der Waals surface area contributed by atoms with Crippen LogP contribution in [0, 0.1) is 0 Å². The third kappa shape index (κ3) is 3.08. The molecule has 1 fully saturated rings. The van der Waals surface area contributed by atoms with Gasteiger partial charge in [0.1, 0.15) is 19.0 Å². The Morgan fingerprint density at radius 2 is 2.31 bits per heavy atom. The standard InChI is InChI=1S/C18H19ClN4O3/c1-11-15(17(24)26-9-12-5-4-8-25-12)16(13-6-2-3-7-14(13)19)23-18(22-11)20-10-21-23/h2-3,6-7,10,12,16H,4-5,8-9H2,1H3,(H,20,21,22)/t12-,16+/m0/s1. The molecule has 3 heterocycles. The van der Waals surface area contributed by atoms with Crippen LogP contribution in [0.4, 0.5) is 5.95 Å². The van der Waals surface area contributed by atoms with Crippen molar-refractivity contribution >= 4 is 23.5 Å². The molecule has 136 valence electrons. The molecule has 4 rings (SSSR count). The molecule has 26 heavy (non-hydrogen) atoms. The highest BCUT2D eigenvalue weighted by Gasteiger charge is 2.35. The van der Waals surface area contributed by atoms with Gasteiger partial charge in [0.25, 0.3) is 0 Å². The molecule has 1 N–H and O–H groups in total. The van der Waals surface area contributed by atoms with Crippen LogP contribution in [-0.4, -0.2) is 40.1 Å². The summed E-state index contributed by atoms with van der Waals surface area (Å²) in [6.45, 7) is 2.79. The zero-order chi connectivity index (χ0) is 18.1. The van der Waals surface area contributed by atoms with E-state index in [0.717, 1.165) is 25.0 Å². The number of rotatable bonds is 4. The number of esters is 1. The number of hydrogen-bond donors (Lipinski definition) is 1. The molecule has 2 aliphatic heterocycles. The fourth-order valence-corrected chi connectivity index (χ4v) is 3.60. The molecule has 0 spiro atoms. The summed E-state index contributed by atoms with van der Waals surface area (Å²) in [5.41, 5.74) is 1.91. The van der Waals surface area contributed by atoms with Crippen molar-refractivity contribution in [3.8, 4) is 0 Å². The molecule has 2 aromatic rings. The molecule has 2 aliphatic rings. The van der Waals surface area contributed by atoms with E-state index in [0.29, 0.717) is 22.2 Å². The first-order valence-electron chi connectivity index (χ1n) is 8.55. The summed E-state index contributed by atoms with van der Waals surface area (Å²) in [5.74, 6) is 0.152. The van der Waals surface area contributed by atoms with E-state index in [1.807, 2.05) is 25.1 Å². The fraction of sp³-hybridized carbons (Fsp3) is 0.389. The Morgan fingerprint density at radius 3 is 3.08 bits per heavy atom. The van der Waals surface area contributed by atoms with Crippen LogP contribution >= 0.6 is 11.6 Å². The zero-order valence-electron chi connectivity index (χ0n) is 14.3. The molecule has 1 aromatic carbocycles.